The fourth-order valence-corrected chi connectivity index (χ4v) is 1.53. The molecule has 96 valence electrons. The molecule has 2 aromatic rings. The van der Waals surface area contributed by atoms with Crippen molar-refractivity contribution in [2.45, 2.75) is 32.7 Å². The standard InChI is InChI=1S/C13H16FN3O/c1-13(2,3)16-12-15-11(17-18-12)8-9-5-4-6-10(14)7-9/h4-7H,8H2,1-3H3,(H,15,16,17). The maximum atomic E-state index is 13.0. The van der Waals surface area contributed by atoms with Crippen LogP contribution in [0.25, 0.3) is 0 Å². The minimum absolute atomic E-state index is 0.136. The zero-order valence-corrected chi connectivity index (χ0v) is 10.7. The second-order valence-corrected chi connectivity index (χ2v) is 5.20. The molecule has 1 N–H and O–H groups in total. The number of aromatic nitrogens is 2. The van der Waals surface area contributed by atoms with Crippen molar-refractivity contribution >= 4 is 6.01 Å². The van der Waals surface area contributed by atoms with E-state index in [4.69, 9.17) is 4.52 Å². The topological polar surface area (TPSA) is 51.0 Å². The molecule has 0 fully saturated rings. The van der Waals surface area contributed by atoms with Gasteiger partial charge in [0.05, 0.1) is 0 Å². The van der Waals surface area contributed by atoms with Gasteiger partial charge in [0.1, 0.15) is 5.82 Å². The van der Waals surface area contributed by atoms with Crippen molar-refractivity contribution in [3.05, 3.63) is 41.5 Å². The minimum Gasteiger partial charge on any atom is -0.333 e. The van der Waals surface area contributed by atoms with Crippen molar-refractivity contribution in [3.8, 4) is 0 Å². The molecule has 18 heavy (non-hydrogen) atoms. The van der Waals surface area contributed by atoms with Crippen LogP contribution in [0.15, 0.2) is 28.8 Å². The lowest BCUT2D eigenvalue weighted by Crippen LogP contribution is -2.26. The van der Waals surface area contributed by atoms with Gasteiger partial charge >= 0.3 is 6.01 Å². The van der Waals surface area contributed by atoms with Gasteiger partial charge in [-0.2, -0.15) is 4.98 Å². The van der Waals surface area contributed by atoms with Crippen molar-refractivity contribution in [2.75, 3.05) is 5.32 Å². The molecule has 2 rings (SSSR count). The van der Waals surface area contributed by atoms with Crippen LogP contribution in [0.5, 0.6) is 0 Å². The summed E-state index contributed by atoms with van der Waals surface area (Å²) in [5.74, 6) is 0.274. The lowest BCUT2D eigenvalue weighted by Gasteiger charge is -2.17. The molecule has 0 aliphatic rings. The Kier molecular flexibility index (Phi) is 3.32. The van der Waals surface area contributed by atoms with E-state index in [1.54, 1.807) is 6.07 Å². The van der Waals surface area contributed by atoms with Crippen LogP contribution in [0.3, 0.4) is 0 Å². The first kappa shape index (κ1) is 12.5. The van der Waals surface area contributed by atoms with Crippen LogP contribution < -0.4 is 5.32 Å². The van der Waals surface area contributed by atoms with Gasteiger partial charge in [0.25, 0.3) is 0 Å². The van der Waals surface area contributed by atoms with Crippen molar-refractivity contribution in [2.24, 2.45) is 0 Å². The first-order valence-electron chi connectivity index (χ1n) is 5.77. The largest absolute Gasteiger partial charge is 0.333 e. The lowest BCUT2D eigenvalue weighted by molar-refractivity contribution is 0.413. The molecule has 1 aromatic heterocycles. The number of benzene rings is 1. The third-order valence-corrected chi connectivity index (χ3v) is 2.20. The molecule has 4 nitrogen and oxygen atoms in total. The van der Waals surface area contributed by atoms with Crippen LogP contribution in [0.2, 0.25) is 0 Å². The first-order chi connectivity index (χ1) is 8.42. The Labute approximate surface area is 105 Å². The highest BCUT2D eigenvalue weighted by Crippen LogP contribution is 2.14. The normalized spacial score (nSPS) is 11.6. The van der Waals surface area contributed by atoms with E-state index >= 15 is 0 Å². The Bertz CT molecular complexity index is 531. The summed E-state index contributed by atoms with van der Waals surface area (Å²) in [7, 11) is 0. The van der Waals surface area contributed by atoms with Gasteiger partial charge in [-0.05, 0) is 38.5 Å². The van der Waals surface area contributed by atoms with Gasteiger partial charge in [-0.15, -0.1) is 0 Å². The highest BCUT2D eigenvalue weighted by atomic mass is 19.1. The third kappa shape index (κ3) is 3.55. The van der Waals surface area contributed by atoms with Crippen LogP contribution in [-0.2, 0) is 6.42 Å². The number of nitrogens with zero attached hydrogens (tertiary/aromatic N) is 2. The van der Waals surface area contributed by atoms with Gasteiger partial charge in [0, 0.05) is 12.0 Å². The molecule has 0 spiro atoms. The molecular weight excluding hydrogens is 233 g/mol. The predicted octanol–water partition coefficient (Wildman–Crippen LogP) is 3.01. The molecule has 0 bridgehead atoms. The van der Waals surface area contributed by atoms with E-state index in [1.165, 1.54) is 12.1 Å². The molecule has 1 heterocycles. The van der Waals surface area contributed by atoms with Crippen LogP contribution >= 0.6 is 0 Å². The predicted molar refractivity (Wildman–Crippen MR) is 66.9 cm³/mol. The minimum atomic E-state index is -0.260. The fourth-order valence-electron chi connectivity index (χ4n) is 1.53. The Balaban J connectivity index is 2.07. The van der Waals surface area contributed by atoms with Crippen molar-refractivity contribution in [1.29, 1.82) is 0 Å². The molecule has 0 saturated carbocycles. The Hall–Kier alpha value is -1.91. The maximum absolute atomic E-state index is 13.0. The Morgan fingerprint density at radius 3 is 2.78 bits per heavy atom. The average Bonchev–Trinajstić information content (AvgIpc) is 2.62. The molecular formula is C13H16FN3O. The van der Waals surface area contributed by atoms with Crippen molar-refractivity contribution in [3.63, 3.8) is 0 Å². The molecule has 0 saturated heterocycles. The zero-order chi connectivity index (χ0) is 13.2. The van der Waals surface area contributed by atoms with Gasteiger partial charge in [0.15, 0.2) is 5.82 Å². The van der Waals surface area contributed by atoms with Crippen LogP contribution in [0.4, 0.5) is 10.4 Å². The summed E-state index contributed by atoms with van der Waals surface area (Å²) in [5.41, 5.74) is 0.681. The monoisotopic (exact) mass is 249 g/mol. The lowest BCUT2D eigenvalue weighted by atomic mass is 10.1. The summed E-state index contributed by atoms with van der Waals surface area (Å²) >= 11 is 0. The van der Waals surface area contributed by atoms with E-state index < -0.39 is 0 Å². The molecule has 0 radical (unpaired) electrons. The van der Waals surface area contributed by atoms with Gasteiger partial charge < -0.3 is 9.84 Å². The van der Waals surface area contributed by atoms with Crippen LogP contribution in [0.1, 0.15) is 32.2 Å². The summed E-state index contributed by atoms with van der Waals surface area (Å²) in [4.78, 5) is 4.21. The molecule has 0 aliphatic heterocycles. The van der Waals surface area contributed by atoms with Crippen LogP contribution in [0, 0.1) is 5.82 Å². The van der Waals surface area contributed by atoms with E-state index in [9.17, 15) is 4.39 Å². The quantitative estimate of drug-likeness (QED) is 0.908. The second-order valence-electron chi connectivity index (χ2n) is 5.20. The number of halogens is 1. The van der Waals surface area contributed by atoms with E-state index in [1.807, 2.05) is 26.8 Å². The van der Waals surface area contributed by atoms with E-state index in [0.717, 1.165) is 5.56 Å². The number of hydrogen-bond acceptors (Lipinski definition) is 4. The van der Waals surface area contributed by atoms with Gasteiger partial charge in [0.2, 0.25) is 0 Å². The van der Waals surface area contributed by atoms with E-state index in [0.29, 0.717) is 18.3 Å². The fraction of sp³-hybridized carbons (Fsp3) is 0.385. The number of anilines is 1. The summed E-state index contributed by atoms with van der Waals surface area (Å²) in [6, 6.07) is 6.75. The molecule has 0 unspecified atom stereocenters. The smallest absolute Gasteiger partial charge is 0.321 e. The second kappa shape index (κ2) is 4.76. The molecule has 0 aliphatic carbocycles. The Morgan fingerprint density at radius 1 is 1.33 bits per heavy atom. The molecule has 5 heteroatoms. The summed E-state index contributed by atoms with van der Waals surface area (Å²) in [5, 5.41) is 6.94. The van der Waals surface area contributed by atoms with Gasteiger partial charge in [-0.3, -0.25) is 0 Å². The Morgan fingerprint density at radius 2 is 2.11 bits per heavy atom. The average molecular weight is 249 g/mol. The first-order valence-corrected chi connectivity index (χ1v) is 5.77. The number of rotatable bonds is 3. The molecule has 0 atom stereocenters. The zero-order valence-electron chi connectivity index (χ0n) is 10.7. The van der Waals surface area contributed by atoms with E-state index in [2.05, 4.69) is 15.5 Å². The number of hydrogen-bond donors (Lipinski definition) is 1. The third-order valence-electron chi connectivity index (χ3n) is 2.20. The molecule has 0 amide bonds. The number of nitrogens with one attached hydrogen (secondary N) is 1. The maximum Gasteiger partial charge on any atom is 0.321 e. The van der Waals surface area contributed by atoms with Gasteiger partial charge in [-0.25, -0.2) is 4.39 Å². The van der Waals surface area contributed by atoms with Crippen molar-refractivity contribution < 1.29 is 8.91 Å². The van der Waals surface area contributed by atoms with Gasteiger partial charge in [-0.1, -0.05) is 17.3 Å². The highest BCUT2D eigenvalue weighted by molar-refractivity contribution is 5.25. The van der Waals surface area contributed by atoms with E-state index in [-0.39, 0.29) is 11.4 Å². The SMILES string of the molecule is CC(C)(C)Nc1nc(Cc2cccc(F)c2)no1. The summed E-state index contributed by atoms with van der Waals surface area (Å²) < 4.78 is 18.1. The summed E-state index contributed by atoms with van der Waals surface area (Å²) in [6.07, 6.45) is 0.451. The highest BCUT2D eigenvalue weighted by Gasteiger charge is 2.14. The van der Waals surface area contributed by atoms with Crippen LogP contribution in [-0.4, -0.2) is 15.7 Å². The summed E-state index contributed by atoms with van der Waals surface area (Å²) in [6.45, 7) is 6.01. The molecule has 1 aromatic carbocycles. The van der Waals surface area contributed by atoms with Crippen molar-refractivity contribution in [1.82, 2.24) is 10.1 Å².